The Morgan fingerprint density at radius 2 is 1.36 bits per heavy atom. The molecule has 0 saturated carbocycles. The number of nitro groups is 1. The lowest BCUT2D eigenvalue weighted by atomic mass is 10.0. The van der Waals surface area contributed by atoms with Crippen molar-refractivity contribution in [2.24, 2.45) is 0 Å². The molecule has 0 heterocycles. The van der Waals surface area contributed by atoms with Crippen LogP contribution in [0, 0.1) is 10.1 Å². The summed E-state index contributed by atoms with van der Waals surface area (Å²) >= 11 is 0. The lowest BCUT2D eigenvalue weighted by molar-refractivity contribution is -0.524. The van der Waals surface area contributed by atoms with Crippen molar-refractivity contribution in [1.82, 2.24) is 0 Å². The van der Waals surface area contributed by atoms with Crippen molar-refractivity contribution in [3.8, 4) is 0 Å². The summed E-state index contributed by atoms with van der Waals surface area (Å²) in [4.78, 5) is 21.0. The lowest BCUT2D eigenvalue weighted by Crippen LogP contribution is -2.20. The largest absolute Gasteiger partial charge is 0.481 e. The summed E-state index contributed by atoms with van der Waals surface area (Å²) in [5.74, 6) is -0.979. The zero-order chi connectivity index (χ0) is 20.9. The molecule has 5 nitrogen and oxygen atoms in total. The molecule has 0 aromatic rings. The van der Waals surface area contributed by atoms with Gasteiger partial charge in [0, 0.05) is 17.8 Å². The summed E-state index contributed by atoms with van der Waals surface area (Å²) in [5, 5.41) is 19.5. The standard InChI is InChI=1S/C23H37NO4/c1-2-3-4-5-6-7-8-9-10-11-12-13-14-15-16-17-18-19-22(24(27)28)20-21-23(25)26/h6-7,9-10,12-13,15-16,22H,2-5,8,11,14,17-21H2,1H3,(H,25,26). The summed E-state index contributed by atoms with van der Waals surface area (Å²) in [6.45, 7) is 2.22. The Kier molecular flexibility index (Phi) is 18.1. The summed E-state index contributed by atoms with van der Waals surface area (Å²) in [5.41, 5.74) is 0. The first kappa shape index (κ1) is 25.8. The van der Waals surface area contributed by atoms with Gasteiger partial charge in [-0.1, -0.05) is 68.4 Å². The average Bonchev–Trinajstić information content (AvgIpc) is 2.66. The number of hydrogen-bond acceptors (Lipinski definition) is 3. The Morgan fingerprint density at radius 1 is 0.857 bits per heavy atom. The normalized spacial score (nSPS) is 13.3. The van der Waals surface area contributed by atoms with Crippen molar-refractivity contribution >= 4 is 5.97 Å². The van der Waals surface area contributed by atoms with Crippen molar-refractivity contribution < 1.29 is 14.8 Å². The minimum Gasteiger partial charge on any atom is -0.481 e. The predicted octanol–water partition coefficient (Wildman–Crippen LogP) is 6.64. The van der Waals surface area contributed by atoms with Crippen LogP contribution in [0.1, 0.15) is 84.0 Å². The zero-order valence-corrected chi connectivity index (χ0v) is 17.3. The topological polar surface area (TPSA) is 80.4 Å². The molecule has 0 bridgehead atoms. The van der Waals surface area contributed by atoms with Crippen LogP contribution in [0.4, 0.5) is 0 Å². The highest BCUT2D eigenvalue weighted by atomic mass is 16.6. The van der Waals surface area contributed by atoms with Crippen LogP contribution in [0.2, 0.25) is 0 Å². The van der Waals surface area contributed by atoms with Gasteiger partial charge in [-0.3, -0.25) is 14.9 Å². The van der Waals surface area contributed by atoms with Gasteiger partial charge in [-0.05, 0) is 44.9 Å². The van der Waals surface area contributed by atoms with E-state index in [1.165, 1.54) is 25.7 Å². The molecule has 158 valence electrons. The maximum absolute atomic E-state index is 10.9. The molecule has 0 aliphatic carbocycles. The Balaban J connectivity index is 3.68. The van der Waals surface area contributed by atoms with E-state index >= 15 is 0 Å². The fourth-order valence-corrected chi connectivity index (χ4v) is 2.68. The molecule has 0 aromatic heterocycles. The summed E-state index contributed by atoms with van der Waals surface area (Å²) < 4.78 is 0. The van der Waals surface area contributed by atoms with E-state index in [9.17, 15) is 14.9 Å². The number of rotatable bonds is 18. The molecule has 0 radical (unpaired) electrons. The second-order valence-corrected chi connectivity index (χ2v) is 6.89. The van der Waals surface area contributed by atoms with Crippen LogP contribution in [0.3, 0.4) is 0 Å². The van der Waals surface area contributed by atoms with E-state index < -0.39 is 12.0 Å². The van der Waals surface area contributed by atoms with Gasteiger partial charge in [-0.2, -0.15) is 0 Å². The average molecular weight is 392 g/mol. The van der Waals surface area contributed by atoms with E-state index in [1.54, 1.807) is 0 Å². The third kappa shape index (κ3) is 18.6. The van der Waals surface area contributed by atoms with Gasteiger partial charge in [0.15, 0.2) is 0 Å². The van der Waals surface area contributed by atoms with E-state index in [1.807, 2.05) is 6.08 Å². The fraction of sp³-hybridized carbons (Fsp3) is 0.609. The number of carbonyl (C=O) groups is 1. The maximum Gasteiger partial charge on any atom is 0.303 e. The van der Waals surface area contributed by atoms with Crippen LogP contribution >= 0.6 is 0 Å². The third-order valence-electron chi connectivity index (χ3n) is 4.36. The number of unbranched alkanes of at least 4 members (excludes halogenated alkanes) is 4. The summed E-state index contributed by atoms with van der Waals surface area (Å²) in [6, 6.07) is -0.748. The van der Waals surface area contributed by atoms with Crippen molar-refractivity contribution in [2.75, 3.05) is 0 Å². The molecule has 1 atom stereocenters. The van der Waals surface area contributed by atoms with Crippen molar-refractivity contribution in [3.63, 3.8) is 0 Å². The van der Waals surface area contributed by atoms with Crippen molar-refractivity contribution in [2.45, 2.75) is 90.0 Å². The molecule has 0 fully saturated rings. The van der Waals surface area contributed by atoms with Crippen molar-refractivity contribution in [1.29, 1.82) is 0 Å². The van der Waals surface area contributed by atoms with Gasteiger partial charge < -0.3 is 5.11 Å². The number of aliphatic carboxylic acids is 1. The first-order valence-corrected chi connectivity index (χ1v) is 10.5. The maximum atomic E-state index is 10.9. The predicted molar refractivity (Wildman–Crippen MR) is 116 cm³/mol. The monoisotopic (exact) mass is 391 g/mol. The molecule has 1 unspecified atom stereocenters. The molecule has 5 heteroatoms. The highest BCUT2D eigenvalue weighted by Crippen LogP contribution is 2.11. The Labute approximate surface area is 170 Å². The van der Waals surface area contributed by atoms with Gasteiger partial charge in [0.2, 0.25) is 6.04 Å². The number of carboxylic acids is 1. The second-order valence-electron chi connectivity index (χ2n) is 6.89. The number of allylic oxidation sites excluding steroid dienone is 8. The van der Waals surface area contributed by atoms with Crippen LogP contribution < -0.4 is 0 Å². The molecule has 0 saturated heterocycles. The molecule has 28 heavy (non-hydrogen) atoms. The quantitative estimate of drug-likeness (QED) is 0.123. The molecule has 1 N–H and O–H groups in total. The molecule has 0 rings (SSSR count). The highest BCUT2D eigenvalue weighted by Gasteiger charge is 2.20. The van der Waals surface area contributed by atoms with Crippen LogP contribution in [0.5, 0.6) is 0 Å². The van der Waals surface area contributed by atoms with Gasteiger partial charge in [0.25, 0.3) is 0 Å². The Hall–Kier alpha value is -2.17. The molecular weight excluding hydrogens is 354 g/mol. The Morgan fingerprint density at radius 3 is 1.82 bits per heavy atom. The third-order valence-corrected chi connectivity index (χ3v) is 4.36. The number of carboxylic acid groups (broad SMARTS) is 1. The van der Waals surface area contributed by atoms with E-state index in [2.05, 4.69) is 49.5 Å². The molecule has 0 amide bonds. The van der Waals surface area contributed by atoms with Crippen LogP contribution in [-0.2, 0) is 4.79 Å². The molecular formula is C23H37NO4. The van der Waals surface area contributed by atoms with Crippen molar-refractivity contribution in [3.05, 3.63) is 58.7 Å². The van der Waals surface area contributed by atoms with Gasteiger partial charge in [0.05, 0.1) is 6.42 Å². The van der Waals surface area contributed by atoms with E-state index in [0.717, 1.165) is 25.7 Å². The molecule has 0 aliphatic heterocycles. The van der Waals surface area contributed by atoms with Gasteiger partial charge in [-0.15, -0.1) is 0 Å². The molecule has 0 aliphatic rings. The smallest absolute Gasteiger partial charge is 0.303 e. The minimum absolute atomic E-state index is 0.108. The SMILES string of the molecule is CCCCCC=CCC=CCC=CCC=CCCCC(CCC(=O)O)[N+](=O)[O-]. The van der Waals surface area contributed by atoms with Crippen LogP contribution in [0.15, 0.2) is 48.6 Å². The van der Waals surface area contributed by atoms with Gasteiger partial charge in [-0.25, -0.2) is 0 Å². The summed E-state index contributed by atoms with van der Waals surface area (Å²) in [6.07, 6.45) is 27.0. The number of nitrogens with zero attached hydrogens (tertiary/aromatic N) is 1. The number of hydrogen-bond donors (Lipinski definition) is 1. The second kappa shape index (κ2) is 19.6. The summed E-state index contributed by atoms with van der Waals surface area (Å²) in [7, 11) is 0. The van der Waals surface area contributed by atoms with E-state index in [-0.39, 0.29) is 17.8 Å². The molecule has 0 spiro atoms. The molecule has 0 aromatic carbocycles. The first-order valence-electron chi connectivity index (χ1n) is 10.5. The Bertz CT molecular complexity index is 521. The highest BCUT2D eigenvalue weighted by molar-refractivity contribution is 5.66. The van der Waals surface area contributed by atoms with E-state index in [0.29, 0.717) is 12.8 Å². The minimum atomic E-state index is -0.979. The zero-order valence-electron chi connectivity index (χ0n) is 17.3. The lowest BCUT2D eigenvalue weighted by Gasteiger charge is -2.06. The van der Waals surface area contributed by atoms with Gasteiger partial charge in [0.1, 0.15) is 0 Å². The van der Waals surface area contributed by atoms with Crippen LogP contribution in [0.25, 0.3) is 0 Å². The van der Waals surface area contributed by atoms with Gasteiger partial charge >= 0.3 is 5.97 Å². The van der Waals surface area contributed by atoms with E-state index in [4.69, 9.17) is 5.11 Å². The fourth-order valence-electron chi connectivity index (χ4n) is 2.68. The first-order chi connectivity index (χ1) is 13.6. The van der Waals surface area contributed by atoms with Crippen LogP contribution in [-0.4, -0.2) is 22.0 Å².